The van der Waals surface area contributed by atoms with Gasteiger partial charge in [0.25, 0.3) is 0 Å². The van der Waals surface area contributed by atoms with Gasteiger partial charge in [0.15, 0.2) is 0 Å². The predicted molar refractivity (Wildman–Crippen MR) is 103 cm³/mol. The quantitative estimate of drug-likeness (QED) is 0.803. The average Bonchev–Trinajstić information content (AvgIpc) is 2.88. The van der Waals surface area contributed by atoms with E-state index in [9.17, 15) is 8.42 Å². The summed E-state index contributed by atoms with van der Waals surface area (Å²) in [6, 6.07) is 4.12. The standard InChI is InChI=1S/C21H29NO3S/c1-4-14-11-18-15(12-20(14)25-26(22,23)24)6-7-17-16(18)9-10-21(3)13(2)5-8-19(17)21/h11-12,16-17,19H,2,4-10H2,1,3H3,(H2,22,23,24)/t16-,17+,19-,21+/m0/s1. The van der Waals surface area contributed by atoms with E-state index in [1.807, 2.05) is 13.0 Å². The Kier molecular flexibility index (Phi) is 4.23. The minimum Gasteiger partial charge on any atom is -0.371 e. The number of benzene rings is 1. The number of hydrogen-bond donors (Lipinski definition) is 1. The molecule has 0 unspecified atom stereocenters. The topological polar surface area (TPSA) is 69.4 Å². The summed E-state index contributed by atoms with van der Waals surface area (Å²) >= 11 is 0. The second kappa shape index (κ2) is 6.10. The molecule has 0 saturated heterocycles. The number of rotatable bonds is 3. The zero-order valence-corrected chi connectivity index (χ0v) is 16.6. The molecule has 4 nitrogen and oxygen atoms in total. The zero-order valence-electron chi connectivity index (χ0n) is 15.8. The summed E-state index contributed by atoms with van der Waals surface area (Å²) in [4.78, 5) is 0. The number of allylic oxidation sites excluding steroid dienone is 1. The van der Waals surface area contributed by atoms with Gasteiger partial charge in [-0.1, -0.05) is 32.1 Å². The van der Waals surface area contributed by atoms with Crippen molar-refractivity contribution >= 4 is 10.3 Å². The number of aryl methyl sites for hydroxylation is 2. The third-order valence-electron chi connectivity index (χ3n) is 7.45. The van der Waals surface area contributed by atoms with Crippen molar-refractivity contribution in [1.29, 1.82) is 0 Å². The van der Waals surface area contributed by atoms with Crippen molar-refractivity contribution in [3.05, 3.63) is 41.0 Å². The van der Waals surface area contributed by atoms with Gasteiger partial charge in [-0.3, -0.25) is 0 Å². The molecular formula is C21H29NO3S. The summed E-state index contributed by atoms with van der Waals surface area (Å²) in [5.41, 5.74) is 5.37. The zero-order chi connectivity index (χ0) is 18.7. The van der Waals surface area contributed by atoms with Crippen molar-refractivity contribution in [1.82, 2.24) is 0 Å². The summed E-state index contributed by atoms with van der Waals surface area (Å²) in [6.07, 6.45) is 7.76. The van der Waals surface area contributed by atoms with Crippen molar-refractivity contribution in [2.75, 3.05) is 0 Å². The van der Waals surface area contributed by atoms with Gasteiger partial charge >= 0.3 is 10.3 Å². The molecule has 142 valence electrons. The Labute approximate surface area is 157 Å². The summed E-state index contributed by atoms with van der Waals surface area (Å²) < 4.78 is 27.9. The van der Waals surface area contributed by atoms with Crippen molar-refractivity contribution < 1.29 is 12.6 Å². The lowest BCUT2D eigenvalue weighted by Gasteiger charge is -2.49. The molecule has 0 amide bonds. The van der Waals surface area contributed by atoms with Crippen LogP contribution in [0.15, 0.2) is 24.3 Å². The van der Waals surface area contributed by atoms with E-state index in [-0.39, 0.29) is 0 Å². The van der Waals surface area contributed by atoms with Crippen molar-refractivity contribution in [2.45, 2.75) is 64.7 Å². The van der Waals surface area contributed by atoms with Crippen LogP contribution in [0.4, 0.5) is 0 Å². The maximum absolute atomic E-state index is 11.4. The third kappa shape index (κ3) is 2.80. The first-order chi connectivity index (χ1) is 12.2. The largest absolute Gasteiger partial charge is 0.380 e. The maximum atomic E-state index is 11.4. The van der Waals surface area contributed by atoms with Crippen molar-refractivity contribution in [3.8, 4) is 5.75 Å². The Balaban J connectivity index is 1.72. The molecule has 2 N–H and O–H groups in total. The Hall–Kier alpha value is -1.33. The Bertz CT molecular complexity index is 860. The van der Waals surface area contributed by atoms with Crippen LogP contribution in [0.3, 0.4) is 0 Å². The van der Waals surface area contributed by atoms with Crippen LogP contribution in [0.2, 0.25) is 0 Å². The molecule has 1 aromatic carbocycles. The Morgan fingerprint density at radius 3 is 2.73 bits per heavy atom. The fourth-order valence-electron chi connectivity index (χ4n) is 6.03. The maximum Gasteiger partial charge on any atom is 0.380 e. The van der Waals surface area contributed by atoms with Gasteiger partial charge in [-0.2, -0.15) is 13.6 Å². The predicted octanol–water partition coefficient (Wildman–Crippen LogP) is 4.24. The fourth-order valence-corrected chi connectivity index (χ4v) is 6.44. The molecule has 0 aliphatic heterocycles. The van der Waals surface area contributed by atoms with Gasteiger partial charge in [-0.25, -0.2) is 0 Å². The molecule has 5 heteroatoms. The Morgan fingerprint density at radius 2 is 2.04 bits per heavy atom. The molecule has 3 aliphatic carbocycles. The Morgan fingerprint density at radius 1 is 1.27 bits per heavy atom. The first kappa shape index (κ1) is 18.1. The molecule has 3 aliphatic rings. The molecule has 0 bridgehead atoms. The number of nitrogens with two attached hydrogens (primary N) is 1. The summed E-state index contributed by atoms with van der Waals surface area (Å²) in [6.45, 7) is 8.83. The van der Waals surface area contributed by atoms with Crippen LogP contribution in [0.5, 0.6) is 5.75 Å². The lowest BCUT2D eigenvalue weighted by atomic mass is 9.55. The van der Waals surface area contributed by atoms with Gasteiger partial charge in [0.05, 0.1) is 0 Å². The van der Waals surface area contributed by atoms with Crippen LogP contribution in [0.25, 0.3) is 0 Å². The smallest absolute Gasteiger partial charge is 0.371 e. The molecule has 0 radical (unpaired) electrons. The van der Waals surface area contributed by atoms with Crippen molar-refractivity contribution in [3.63, 3.8) is 0 Å². The molecule has 1 aromatic rings. The first-order valence-corrected chi connectivity index (χ1v) is 11.3. The van der Waals surface area contributed by atoms with Gasteiger partial charge in [-0.05, 0) is 90.9 Å². The number of hydrogen-bond acceptors (Lipinski definition) is 3. The van der Waals surface area contributed by atoms with Crippen LogP contribution in [0, 0.1) is 17.3 Å². The van der Waals surface area contributed by atoms with Gasteiger partial charge in [0, 0.05) is 0 Å². The van der Waals surface area contributed by atoms with E-state index >= 15 is 0 Å². The third-order valence-corrected chi connectivity index (χ3v) is 7.86. The molecule has 2 saturated carbocycles. The van der Waals surface area contributed by atoms with Gasteiger partial charge < -0.3 is 4.18 Å². The van der Waals surface area contributed by atoms with Gasteiger partial charge in [0.2, 0.25) is 0 Å². The summed E-state index contributed by atoms with van der Waals surface area (Å²) in [7, 11) is -4.00. The van der Waals surface area contributed by atoms with Crippen LogP contribution < -0.4 is 9.32 Å². The SMILES string of the molecule is C=C1CC[C@H]2[C@@H]3CCc4cc(OS(N)(=O)=O)c(CC)cc4[C@H]3CC[C@]12C. The molecule has 26 heavy (non-hydrogen) atoms. The molecule has 0 aromatic heterocycles. The van der Waals surface area contributed by atoms with E-state index < -0.39 is 10.3 Å². The van der Waals surface area contributed by atoms with Crippen LogP contribution in [0.1, 0.15) is 68.6 Å². The normalized spacial score (nSPS) is 33.3. The van der Waals surface area contributed by atoms with Crippen molar-refractivity contribution in [2.24, 2.45) is 22.4 Å². The van der Waals surface area contributed by atoms with E-state index in [0.29, 0.717) is 17.1 Å². The summed E-state index contributed by atoms with van der Waals surface area (Å²) in [5, 5.41) is 5.10. The second-order valence-corrected chi connectivity index (χ2v) is 9.75. The highest BCUT2D eigenvalue weighted by Crippen LogP contribution is 2.62. The van der Waals surface area contributed by atoms with E-state index in [1.165, 1.54) is 48.8 Å². The minimum absolute atomic E-state index is 0.322. The van der Waals surface area contributed by atoms with Crippen LogP contribution in [-0.2, 0) is 23.1 Å². The average molecular weight is 376 g/mol. The van der Waals surface area contributed by atoms with E-state index in [0.717, 1.165) is 30.2 Å². The van der Waals surface area contributed by atoms with Gasteiger partial charge in [-0.15, -0.1) is 0 Å². The van der Waals surface area contributed by atoms with Gasteiger partial charge in [0.1, 0.15) is 5.75 Å². The van der Waals surface area contributed by atoms with Crippen LogP contribution >= 0.6 is 0 Å². The molecule has 4 rings (SSSR count). The van der Waals surface area contributed by atoms with Crippen LogP contribution in [-0.4, -0.2) is 8.42 Å². The highest BCUT2D eigenvalue weighted by atomic mass is 32.2. The van der Waals surface area contributed by atoms with E-state index in [2.05, 4.69) is 19.6 Å². The highest BCUT2D eigenvalue weighted by Gasteiger charge is 2.51. The second-order valence-electron chi connectivity index (χ2n) is 8.60. The highest BCUT2D eigenvalue weighted by molar-refractivity contribution is 7.84. The molecular weight excluding hydrogens is 346 g/mol. The van der Waals surface area contributed by atoms with E-state index in [1.54, 1.807) is 0 Å². The molecule has 2 fully saturated rings. The minimum atomic E-state index is -4.00. The fraction of sp³-hybridized carbons (Fsp3) is 0.619. The summed E-state index contributed by atoms with van der Waals surface area (Å²) in [5.74, 6) is 2.45. The lowest BCUT2D eigenvalue weighted by Crippen LogP contribution is -2.40. The molecule has 4 atom stereocenters. The lowest BCUT2D eigenvalue weighted by molar-refractivity contribution is 0.0816. The monoisotopic (exact) mass is 375 g/mol. The molecule has 0 heterocycles. The molecule has 0 spiro atoms. The first-order valence-electron chi connectivity index (χ1n) is 9.79. The van der Waals surface area contributed by atoms with E-state index in [4.69, 9.17) is 9.32 Å². The number of fused-ring (bicyclic) bond motifs is 5.